The number of nitrogens with one attached hydrogen (secondary N) is 1. The van der Waals surface area contributed by atoms with Gasteiger partial charge in [0.1, 0.15) is 5.82 Å². The molecule has 1 amide bonds. The van der Waals surface area contributed by atoms with Crippen LogP contribution in [0.3, 0.4) is 0 Å². The average Bonchev–Trinajstić information content (AvgIpc) is 2.84. The number of aliphatic hydroxyl groups is 1. The van der Waals surface area contributed by atoms with Crippen LogP contribution in [0.15, 0.2) is 28.8 Å². The number of aliphatic hydroxyl groups excluding tert-OH is 1. The molecule has 1 aromatic heterocycles. The maximum atomic E-state index is 13.2. The van der Waals surface area contributed by atoms with E-state index in [1.165, 1.54) is 18.2 Å². The molecule has 1 aromatic carbocycles. The predicted molar refractivity (Wildman–Crippen MR) is 64.7 cm³/mol. The Balaban J connectivity index is 2.01. The number of carbonyl (C=O) groups excluding carboxylic acids is 1. The van der Waals surface area contributed by atoms with Gasteiger partial charge in [0.25, 0.3) is 5.91 Å². The molecule has 6 heteroatoms. The third-order valence-electron chi connectivity index (χ3n) is 2.59. The van der Waals surface area contributed by atoms with Gasteiger partial charge in [-0.2, -0.15) is 0 Å². The van der Waals surface area contributed by atoms with Crippen molar-refractivity contribution in [3.05, 3.63) is 52.7 Å². The van der Waals surface area contributed by atoms with E-state index in [9.17, 15) is 9.18 Å². The summed E-state index contributed by atoms with van der Waals surface area (Å²) in [6.07, 6.45) is 0. The van der Waals surface area contributed by atoms with Crippen molar-refractivity contribution in [2.45, 2.75) is 20.1 Å². The quantitative estimate of drug-likeness (QED) is 0.878. The second kappa shape index (κ2) is 5.62. The Kier molecular flexibility index (Phi) is 3.91. The van der Waals surface area contributed by atoms with Crippen LogP contribution < -0.4 is 5.32 Å². The van der Waals surface area contributed by atoms with Gasteiger partial charge in [0.05, 0.1) is 12.3 Å². The lowest BCUT2D eigenvalue weighted by molar-refractivity contribution is 0.0914. The molecular weight excluding hydrogens is 251 g/mol. The number of amides is 1. The summed E-state index contributed by atoms with van der Waals surface area (Å²) in [4.78, 5) is 11.7. The molecule has 2 aromatic rings. The highest BCUT2D eigenvalue weighted by Gasteiger charge is 2.11. The van der Waals surface area contributed by atoms with Crippen LogP contribution in [0.4, 0.5) is 4.39 Å². The molecule has 1 heterocycles. The van der Waals surface area contributed by atoms with E-state index in [2.05, 4.69) is 10.5 Å². The molecule has 100 valence electrons. The third kappa shape index (κ3) is 3.17. The minimum absolute atomic E-state index is 0.127. The van der Waals surface area contributed by atoms with E-state index in [1.54, 1.807) is 13.0 Å². The summed E-state index contributed by atoms with van der Waals surface area (Å²) in [5.74, 6) is -0.735. The molecule has 0 saturated carbocycles. The molecule has 19 heavy (non-hydrogen) atoms. The summed E-state index contributed by atoms with van der Waals surface area (Å²) in [5.41, 5.74) is 1.51. The van der Waals surface area contributed by atoms with E-state index in [1.807, 2.05) is 0 Å². The van der Waals surface area contributed by atoms with E-state index >= 15 is 0 Å². The molecule has 0 aliphatic heterocycles. The highest BCUT2D eigenvalue weighted by atomic mass is 19.1. The summed E-state index contributed by atoms with van der Waals surface area (Å²) >= 11 is 0. The molecule has 0 radical (unpaired) electrons. The summed E-state index contributed by atoms with van der Waals surface area (Å²) in [7, 11) is 0. The molecule has 2 N–H and O–H groups in total. The van der Waals surface area contributed by atoms with Gasteiger partial charge in [0, 0.05) is 18.2 Å². The molecule has 0 spiro atoms. The number of halogens is 1. The maximum Gasteiger partial charge on any atom is 0.290 e. The lowest BCUT2D eigenvalue weighted by Crippen LogP contribution is -2.22. The number of carbonyl (C=O) groups is 1. The first-order chi connectivity index (χ1) is 9.10. The fraction of sp³-hybridized carbons (Fsp3) is 0.231. The van der Waals surface area contributed by atoms with E-state index in [0.29, 0.717) is 11.3 Å². The Labute approximate surface area is 109 Å². The van der Waals surface area contributed by atoms with E-state index < -0.39 is 11.7 Å². The molecule has 0 atom stereocenters. The van der Waals surface area contributed by atoms with Gasteiger partial charge in [-0.05, 0) is 24.6 Å². The zero-order chi connectivity index (χ0) is 13.8. The van der Waals surface area contributed by atoms with Gasteiger partial charge in [0.2, 0.25) is 5.76 Å². The minimum atomic E-state index is -0.469. The van der Waals surface area contributed by atoms with Crippen molar-refractivity contribution >= 4 is 5.91 Å². The van der Waals surface area contributed by atoms with Crippen molar-refractivity contribution < 1.29 is 18.8 Å². The van der Waals surface area contributed by atoms with Gasteiger partial charge in [0.15, 0.2) is 0 Å². The van der Waals surface area contributed by atoms with Gasteiger partial charge in [-0.3, -0.25) is 4.79 Å². The Morgan fingerprint density at radius 2 is 2.26 bits per heavy atom. The number of aromatic nitrogens is 1. The van der Waals surface area contributed by atoms with Crippen molar-refractivity contribution in [1.29, 1.82) is 0 Å². The first-order valence-corrected chi connectivity index (χ1v) is 5.70. The number of benzene rings is 1. The van der Waals surface area contributed by atoms with Crippen LogP contribution in [-0.2, 0) is 13.2 Å². The van der Waals surface area contributed by atoms with E-state index in [4.69, 9.17) is 9.63 Å². The van der Waals surface area contributed by atoms with Crippen LogP contribution in [0.1, 0.15) is 27.4 Å². The van der Waals surface area contributed by atoms with Crippen molar-refractivity contribution in [2.75, 3.05) is 0 Å². The standard InChI is InChI=1S/C13H13FN2O3/c1-8-4-12(19-16-8)13(18)15-6-9-2-3-11(14)10(5-9)7-17/h2-5,17H,6-7H2,1H3,(H,15,18). The molecular formula is C13H13FN2O3. The average molecular weight is 264 g/mol. The van der Waals surface area contributed by atoms with Gasteiger partial charge in [-0.25, -0.2) is 4.39 Å². The van der Waals surface area contributed by atoms with Gasteiger partial charge >= 0.3 is 0 Å². The Morgan fingerprint density at radius 1 is 1.47 bits per heavy atom. The van der Waals surface area contributed by atoms with Gasteiger partial charge < -0.3 is 14.9 Å². The van der Waals surface area contributed by atoms with Crippen LogP contribution in [0.2, 0.25) is 0 Å². The number of aryl methyl sites for hydroxylation is 1. The number of hydrogen-bond acceptors (Lipinski definition) is 4. The lowest BCUT2D eigenvalue weighted by Gasteiger charge is -2.05. The minimum Gasteiger partial charge on any atom is -0.392 e. The number of rotatable bonds is 4. The van der Waals surface area contributed by atoms with Crippen LogP contribution in [0.5, 0.6) is 0 Å². The summed E-state index contributed by atoms with van der Waals surface area (Å²) in [6.45, 7) is 1.55. The zero-order valence-corrected chi connectivity index (χ0v) is 10.3. The van der Waals surface area contributed by atoms with Crippen molar-refractivity contribution in [3.63, 3.8) is 0 Å². The van der Waals surface area contributed by atoms with Crippen LogP contribution >= 0.6 is 0 Å². The second-order valence-electron chi connectivity index (χ2n) is 4.10. The summed E-state index contributed by atoms with van der Waals surface area (Å²) < 4.78 is 18.0. The normalized spacial score (nSPS) is 10.5. The molecule has 0 aliphatic rings. The molecule has 5 nitrogen and oxygen atoms in total. The number of nitrogens with zero attached hydrogens (tertiary/aromatic N) is 1. The van der Waals surface area contributed by atoms with Gasteiger partial charge in [-0.15, -0.1) is 0 Å². The molecule has 0 bridgehead atoms. The zero-order valence-electron chi connectivity index (χ0n) is 10.3. The monoisotopic (exact) mass is 264 g/mol. The predicted octanol–water partition coefficient (Wildman–Crippen LogP) is 1.54. The Hall–Kier alpha value is -2.21. The highest BCUT2D eigenvalue weighted by molar-refractivity contribution is 5.91. The van der Waals surface area contributed by atoms with Crippen LogP contribution in [0, 0.1) is 12.7 Å². The molecule has 0 aliphatic carbocycles. The SMILES string of the molecule is Cc1cc(C(=O)NCc2ccc(F)c(CO)c2)on1. The Morgan fingerprint density at radius 3 is 2.89 bits per heavy atom. The maximum absolute atomic E-state index is 13.2. The van der Waals surface area contributed by atoms with Crippen LogP contribution in [0.25, 0.3) is 0 Å². The first kappa shape index (κ1) is 13.2. The largest absolute Gasteiger partial charge is 0.392 e. The summed E-state index contributed by atoms with van der Waals surface area (Å²) in [5, 5.41) is 15.2. The molecule has 0 fully saturated rings. The number of hydrogen-bond donors (Lipinski definition) is 2. The Bertz CT molecular complexity index is 595. The van der Waals surface area contributed by atoms with Crippen LogP contribution in [-0.4, -0.2) is 16.2 Å². The van der Waals surface area contributed by atoms with E-state index in [0.717, 1.165) is 0 Å². The third-order valence-corrected chi connectivity index (χ3v) is 2.59. The first-order valence-electron chi connectivity index (χ1n) is 5.70. The van der Waals surface area contributed by atoms with Crippen molar-refractivity contribution in [1.82, 2.24) is 10.5 Å². The topological polar surface area (TPSA) is 75.4 Å². The fourth-order valence-electron chi connectivity index (χ4n) is 1.60. The second-order valence-corrected chi connectivity index (χ2v) is 4.10. The highest BCUT2D eigenvalue weighted by Crippen LogP contribution is 2.11. The van der Waals surface area contributed by atoms with E-state index in [-0.39, 0.29) is 24.5 Å². The van der Waals surface area contributed by atoms with Crippen molar-refractivity contribution in [3.8, 4) is 0 Å². The fourth-order valence-corrected chi connectivity index (χ4v) is 1.60. The lowest BCUT2D eigenvalue weighted by atomic mass is 10.1. The van der Waals surface area contributed by atoms with Gasteiger partial charge in [-0.1, -0.05) is 11.2 Å². The molecule has 0 unspecified atom stereocenters. The molecule has 2 rings (SSSR count). The van der Waals surface area contributed by atoms with Crippen molar-refractivity contribution in [2.24, 2.45) is 0 Å². The summed E-state index contributed by atoms with van der Waals surface area (Å²) in [6, 6.07) is 5.83. The smallest absolute Gasteiger partial charge is 0.290 e. The molecule has 0 saturated heterocycles.